The largest absolute Gasteiger partial charge is 0.379 e. The zero-order valence-electron chi connectivity index (χ0n) is 11.5. The van der Waals surface area contributed by atoms with Gasteiger partial charge in [0.2, 0.25) is 0 Å². The molecule has 0 saturated heterocycles. The van der Waals surface area contributed by atoms with E-state index in [-0.39, 0.29) is 11.5 Å². The number of nitrogens with zero attached hydrogens (tertiary/aromatic N) is 1. The van der Waals surface area contributed by atoms with Gasteiger partial charge in [0.05, 0.1) is 6.10 Å². The van der Waals surface area contributed by atoms with Crippen molar-refractivity contribution in [3.05, 3.63) is 0 Å². The number of nitrogens with two attached hydrogens (primary N) is 1. The van der Waals surface area contributed by atoms with Crippen LogP contribution in [0, 0.1) is 11.3 Å². The van der Waals surface area contributed by atoms with Gasteiger partial charge in [-0.1, -0.05) is 34.6 Å². The molecule has 0 fully saturated rings. The van der Waals surface area contributed by atoms with E-state index < -0.39 is 0 Å². The average molecular weight is 229 g/mol. The Hall–Kier alpha value is -0.770. The Balaban J connectivity index is 4.07. The minimum atomic E-state index is 0.0973. The van der Waals surface area contributed by atoms with Crippen molar-refractivity contribution in [3.8, 4) is 0 Å². The van der Waals surface area contributed by atoms with Gasteiger partial charge in [0, 0.05) is 20.2 Å². The van der Waals surface area contributed by atoms with Gasteiger partial charge in [0.1, 0.15) is 0 Å². The van der Waals surface area contributed by atoms with E-state index in [1.807, 2.05) is 0 Å². The van der Waals surface area contributed by atoms with Gasteiger partial charge in [0.15, 0.2) is 5.96 Å². The zero-order valence-corrected chi connectivity index (χ0v) is 11.5. The fraction of sp³-hybridized carbons (Fsp3) is 0.917. The first-order valence-electron chi connectivity index (χ1n) is 5.84. The van der Waals surface area contributed by atoms with Crippen LogP contribution < -0.4 is 11.1 Å². The van der Waals surface area contributed by atoms with Crippen LogP contribution >= 0.6 is 0 Å². The van der Waals surface area contributed by atoms with Crippen LogP contribution in [0.3, 0.4) is 0 Å². The van der Waals surface area contributed by atoms with Crippen LogP contribution in [0.1, 0.15) is 34.6 Å². The van der Waals surface area contributed by atoms with Crippen molar-refractivity contribution in [1.29, 1.82) is 0 Å². The van der Waals surface area contributed by atoms with Crippen molar-refractivity contribution in [2.75, 3.05) is 20.2 Å². The molecule has 0 amide bonds. The number of nitrogens with one attached hydrogen (secondary N) is 1. The van der Waals surface area contributed by atoms with E-state index in [1.54, 1.807) is 7.11 Å². The summed E-state index contributed by atoms with van der Waals surface area (Å²) in [7, 11) is 1.72. The van der Waals surface area contributed by atoms with Crippen LogP contribution in [0.2, 0.25) is 0 Å². The monoisotopic (exact) mass is 229 g/mol. The van der Waals surface area contributed by atoms with Crippen molar-refractivity contribution in [1.82, 2.24) is 5.32 Å². The molecule has 0 aliphatic carbocycles. The summed E-state index contributed by atoms with van der Waals surface area (Å²) in [4.78, 5) is 4.24. The number of hydrogen-bond acceptors (Lipinski definition) is 2. The van der Waals surface area contributed by atoms with E-state index in [0.717, 1.165) is 6.54 Å². The van der Waals surface area contributed by atoms with E-state index in [4.69, 9.17) is 10.5 Å². The number of methoxy groups -OCH3 is 1. The molecule has 0 radical (unpaired) electrons. The van der Waals surface area contributed by atoms with Gasteiger partial charge in [-0.3, -0.25) is 4.99 Å². The predicted octanol–water partition coefficient (Wildman–Crippen LogP) is 1.61. The molecule has 0 saturated carbocycles. The van der Waals surface area contributed by atoms with Gasteiger partial charge < -0.3 is 15.8 Å². The Kier molecular flexibility index (Phi) is 6.41. The molecular weight excluding hydrogens is 202 g/mol. The first kappa shape index (κ1) is 15.2. The molecule has 1 unspecified atom stereocenters. The molecule has 4 nitrogen and oxygen atoms in total. The van der Waals surface area contributed by atoms with Crippen LogP contribution in [0.4, 0.5) is 0 Å². The standard InChI is InChI=1S/C12H27N3O/c1-9(2)7-14-11(13)15-8-10(16-6)12(3,4)5/h9-10H,7-8H2,1-6H3,(H3,13,14,15). The summed E-state index contributed by atoms with van der Waals surface area (Å²) in [6, 6.07) is 0. The first-order valence-corrected chi connectivity index (χ1v) is 5.84. The minimum Gasteiger partial charge on any atom is -0.379 e. The number of aliphatic imine (C=N–C) groups is 1. The molecule has 96 valence electrons. The van der Waals surface area contributed by atoms with Crippen LogP contribution in [0.15, 0.2) is 4.99 Å². The molecule has 1 atom stereocenters. The maximum atomic E-state index is 5.75. The molecule has 0 bridgehead atoms. The van der Waals surface area contributed by atoms with Crippen molar-refractivity contribution in [2.45, 2.75) is 40.7 Å². The second-order valence-electron chi connectivity index (χ2n) is 5.59. The predicted molar refractivity (Wildman–Crippen MR) is 69.6 cm³/mol. The Morgan fingerprint density at radius 3 is 2.31 bits per heavy atom. The highest BCUT2D eigenvalue weighted by Gasteiger charge is 2.23. The van der Waals surface area contributed by atoms with Gasteiger partial charge >= 0.3 is 0 Å². The molecule has 0 rings (SSSR count). The first-order chi connectivity index (χ1) is 7.27. The van der Waals surface area contributed by atoms with E-state index >= 15 is 0 Å². The summed E-state index contributed by atoms with van der Waals surface area (Å²) in [5.74, 6) is 1.03. The second-order valence-corrected chi connectivity index (χ2v) is 5.59. The van der Waals surface area contributed by atoms with E-state index in [0.29, 0.717) is 18.4 Å². The van der Waals surface area contributed by atoms with Gasteiger partial charge in [-0.05, 0) is 11.3 Å². The van der Waals surface area contributed by atoms with Gasteiger partial charge in [-0.25, -0.2) is 0 Å². The number of rotatable bonds is 5. The quantitative estimate of drug-likeness (QED) is 0.556. The molecule has 4 heteroatoms. The molecule has 0 aromatic heterocycles. The third kappa shape index (κ3) is 6.67. The topological polar surface area (TPSA) is 59.6 Å². The maximum Gasteiger partial charge on any atom is 0.188 e. The third-order valence-corrected chi connectivity index (χ3v) is 2.35. The van der Waals surface area contributed by atoms with Crippen molar-refractivity contribution >= 4 is 5.96 Å². The lowest BCUT2D eigenvalue weighted by molar-refractivity contribution is 0.0206. The number of ether oxygens (including phenoxy) is 1. The average Bonchev–Trinajstić information content (AvgIpc) is 2.13. The Bertz CT molecular complexity index is 219. The smallest absolute Gasteiger partial charge is 0.188 e. The summed E-state index contributed by atoms with van der Waals surface area (Å²) < 4.78 is 5.42. The van der Waals surface area contributed by atoms with E-state index in [1.165, 1.54) is 0 Å². The van der Waals surface area contributed by atoms with Crippen LogP contribution in [-0.4, -0.2) is 32.3 Å². The minimum absolute atomic E-state index is 0.0973. The van der Waals surface area contributed by atoms with Gasteiger partial charge in [-0.15, -0.1) is 0 Å². The lowest BCUT2D eigenvalue weighted by atomic mass is 9.89. The number of hydrogen-bond donors (Lipinski definition) is 2. The highest BCUT2D eigenvalue weighted by molar-refractivity contribution is 5.77. The Morgan fingerprint density at radius 2 is 1.94 bits per heavy atom. The fourth-order valence-corrected chi connectivity index (χ4v) is 1.28. The fourth-order valence-electron chi connectivity index (χ4n) is 1.28. The normalized spacial score (nSPS) is 15.3. The SMILES string of the molecule is COC(CNC(N)=NCC(C)C)C(C)(C)C. The Morgan fingerprint density at radius 1 is 1.38 bits per heavy atom. The summed E-state index contributed by atoms with van der Waals surface area (Å²) >= 11 is 0. The highest BCUT2D eigenvalue weighted by Crippen LogP contribution is 2.20. The van der Waals surface area contributed by atoms with Crippen LogP contribution in [0.25, 0.3) is 0 Å². The van der Waals surface area contributed by atoms with Crippen molar-refractivity contribution in [3.63, 3.8) is 0 Å². The van der Waals surface area contributed by atoms with Gasteiger partial charge in [0.25, 0.3) is 0 Å². The van der Waals surface area contributed by atoms with Crippen molar-refractivity contribution in [2.24, 2.45) is 22.1 Å². The molecular formula is C12H27N3O. The molecule has 0 spiro atoms. The lowest BCUT2D eigenvalue weighted by Gasteiger charge is -2.29. The van der Waals surface area contributed by atoms with E-state index in [2.05, 4.69) is 44.9 Å². The van der Waals surface area contributed by atoms with Gasteiger partial charge in [-0.2, -0.15) is 0 Å². The molecule has 0 heterocycles. The molecule has 16 heavy (non-hydrogen) atoms. The van der Waals surface area contributed by atoms with Crippen LogP contribution in [0.5, 0.6) is 0 Å². The molecule has 3 N–H and O–H groups in total. The molecule has 0 aliphatic rings. The Labute approximate surface area is 99.7 Å². The second kappa shape index (κ2) is 6.74. The highest BCUT2D eigenvalue weighted by atomic mass is 16.5. The van der Waals surface area contributed by atoms with E-state index in [9.17, 15) is 0 Å². The summed E-state index contributed by atoms with van der Waals surface area (Å²) in [6.07, 6.45) is 0.125. The zero-order chi connectivity index (χ0) is 12.8. The molecule has 0 aromatic carbocycles. The summed E-state index contributed by atoms with van der Waals surface area (Å²) in [5, 5.41) is 3.10. The third-order valence-electron chi connectivity index (χ3n) is 2.35. The summed E-state index contributed by atoms with van der Waals surface area (Å²) in [6.45, 7) is 12.1. The molecule has 0 aliphatic heterocycles. The molecule has 0 aromatic rings. The maximum absolute atomic E-state index is 5.75. The number of guanidine groups is 1. The summed E-state index contributed by atoms with van der Waals surface area (Å²) in [5.41, 5.74) is 5.85. The van der Waals surface area contributed by atoms with Crippen molar-refractivity contribution < 1.29 is 4.74 Å². The lowest BCUT2D eigenvalue weighted by Crippen LogP contribution is -2.43. The van der Waals surface area contributed by atoms with Crippen LogP contribution in [-0.2, 0) is 4.74 Å².